The molecule has 0 fully saturated rings. The van der Waals surface area contributed by atoms with Crippen molar-refractivity contribution in [2.75, 3.05) is 0 Å². The monoisotopic (exact) mass is 284 g/mol. The van der Waals surface area contributed by atoms with Gasteiger partial charge in [0.1, 0.15) is 0 Å². The number of nitrogens with one attached hydrogen (secondary N) is 2. The van der Waals surface area contributed by atoms with Gasteiger partial charge in [-0.15, -0.1) is 0 Å². The third-order valence-corrected chi connectivity index (χ3v) is 2.22. The summed E-state index contributed by atoms with van der Waals surface area (Å²) in [6.45, 7) is 8.48. The topological polar surface area (TPSA) is 57.4 Å². The molecule has 5 heteroatoms. The average Bonchev–Trinajstić information content (AvgIpc) is 2.93. The number of hydrogen-bond donors (Lipinski definition) is 2. The first-order chi connectivity index (χ1) is 7.61. The minimum absolute atomic E-state index is 0. The van der Waals surface area contributed by atoms with Crippen molar-refractivity contribution in [3.63, 3.8) is 0 Å². The Bertz CT molecular complexity index is 327. The molecule has 0 aliphatic heterocycles. The molecule has 2 aromatic rings. The normalized spacial score (nSPS) is 9.76. The summed E-state index contributed by atoms with van der Waals surface area (Å²) in [7, 11) is 0. The van der Waals surface area contributed by atoms with E-state index in [0.29, 0.717) is 11.8 Å². The second kappa shape index (κ2) is 8.18. The first kappa shape index (κ1) is 16.0. The van der Waals surface area contributed by atoms with Crippen LogP contribution in [-0.4, -0.2) is 19.9 Å². The number of aromatic nitrogens is 4. The van der Waals surface area contributed by atoms with Crippen LogP contribution >= 0.6 is 0 Å². The van der Waals surface area contributed by atoms with Crippen LogP contribution in [-0.2, 0) is 19.5 Å². The number of nitrogens with zero attached hydrogens (tertiary/aromatic N) is 2. The molecule has 0 spiro atoms. The van der Waals surface area contributed by atoms with Gasteiger partial charge >= 0.3 is 0 Å². The van der Waals surface area contributed by atoms with Crippen LogP contribution < -0.4 is 0 Å². The van der Waals surface area contributed by atoms with Gasteiger partial charge in [-0.3, -0.25) is 0 Å². The number of hydrogen-bond acceptors (Lipinski definition) is 2. The summed E-state index contributed by atoms with van der Waals surface area (Å²) in [6.07, 6.45) is 7.25. The molecule has 0 bridgehead atoms. The molecule has 90 valence electrons. The van der Waals surface area contributed by atoms with E-state index in [1.54, 1.807) is 12.7 Å². The molecule has 0 aliphatic rings. The molecule has 2 N–H and O–H groups in total. The van der Waals surface area contributed by atoms with Gasteiger partial charge in [0.25, 0.3) is 0 Å². The number of imidazole rings is 2. The minimum Gasteiger partial charge on any atom is -0.351 e. The van der Waals surface area contributed by atoms with Crippen molar-refractivity contribution in [1.82, 2.24) is 19.9 Å². The molecule has 0 aliphatic carbocycles. The van der Waals surface area contributed by atoms with Crippen molar-refractivity contribution in [3.8, 4) is 0 Å². The van der Waals surface area contributed by atoms with E-state index in [2.05, 4.69) is 47.6 Å². The second-order valence-corrected chi connectivity index (χ2v) is 4.30. The molecule has 0 atom stereocenters. The molecule has 17 heavy (non-hydrogen) atoms. The van der Waals surface area contributed by atoms with Crippen LogP contribution in [0.2, 0.25) is 0 Å². The van der Waals surface area contributed by atoms with Crippen LogP contribution in [0.5, 0.6) is 0 Å². The summed E-state index contributed by atoms with van der Waals surface area (Å²) in [6, 6.07) is 0. The average molecular weight is 286 g/mol. The third-order valence-electron chi connectivity index (χ3n) is 2.22. The van der Waals surface area contributed by atoms with Gasteiger partial charge in [-0.2, -0.15) is 0 Å². The Labute approximate surface area is 115 Å². The summed E-state index contributed by atoms with van der Waals surface area (Å²) in [5.41, 5.74) is 2.26. The molecule has 0 saturated carbocycles. The Morgan fingerprint density at radius 2 is 1.18 bits per heavy atom. The van der Waals surface area contributed by atoms with Gasteiger partial charge in [-0.1, -0.05) is 27.7 Å². The summed E-state index contributed by atoms with van der Waals surface area (Å²) >= 11 is 0. The molecular weight excluding hydrogens is 266 g/mol. The summed E-state index contributed by atoms with van der Waals surface area (Å²) < 4.78 is 0. The maximum absolute atomic E-state index is 4.06. The van der Waals surface area contributed by atoms with E-state index in [0.717, 1.165) is 11.4 Å². The number of rotatable bonds is 2. The van der Waals surface area contributed by atoms with Gasteiger partial charge in [-0.05, 0) is 11.8 Å². The van der Waals surface area contributed by atoms with Crippen molar-refractivity contribution in [3.05, 3.63) is 36.4 Å². The summed E-state index contributed by atoms with van der Waals surface area (Å²) in [4.78, 5) is 13.9. The Balaban J connectivity index is 0.000000284. The SMILES string of the molecule is CC(C)c1c[nH]cn1.CC(C)c1c[nH]cn1.[Zn]. The first-order valence-electron chi connectivity index (χ1n) is 5.58. The molecule has 0 unspecified atom stereocenters. The van der Waals surface area contributed by atoms with E-state index in [1.165, 1.54) is 0 Å². The minimum atomic E-state index is 0. The maximum Gasteiger partial charge on any atom is 0.0923 e. The molecule has 2 heterocycles. The molecule has 0 saturated heterocycles. The summed E-state index contributed by atoms with van der Waals surface area (Å²) in [5, 5.41) is 0. The second-order valence-electron chi connectivity index (χ2n) is 4.30. The fourth-order valence-corrected chi connectivity index (χ4v) is 1.17. The fourth-order valence-electron chi connectivity index (χ4n) is 1.17. The predicted molar refractivity (Wildman–Crippen MR) is 65.4 cm³/mol. The van der Waals surface area contributed by atoms with E-state index in [4.69, 9.17) is 0 Å². The van der Waals surface area contributed by atoms with Gasteiger partial charge in [0.2, 0.25) is 0 Å². The van der Waals surface area contributed by atoms with E-state index in [1.807, 2.05) is 12.4 Å². The standard InChI is InChI=1S/2C6H10N2.Zn/c2*1-5(2)6-3-7-4-8-6;/h2*3-5H,1-2H3,(H,7,8);. The van der Waals surface area contributed by atoms with Crippen molar-refractivity contribution < 1.29 is 19.5 Å². The van der Waals surface area contributed by atoms with Gasteiger partial charge in [-0.25, -0.2) is 9.97 Å². The molecule has 4 nitrogen and oxygen atoms in total. The Morgan fingerprint density at radius 3 is 1.29 bits per heavy atom. The quantitative estimate of drug-likeness (QED) is 0.833. The van der Waals surface area contributed by atoms with Crippen LogP contribution in [0.25, 0.3) is 0 Å². The maximum atomic E-state index is 4.06. The summed E-state index contributed by atoms with van der Waals surface area (Å²) in [5.74, 6) is 1.09. The smallest absolute Gasteiger partial charge is 0.0923 e. The Hall–Kier alpha value is -0.957. The molecule has 2 rings (SSSR count). The number of aromatic amines is 2. The zero-order chi connectivity index (χ0) is 12.0. The van der Waals surface area contributed by atoms with Gasteiger partial charge in [0.15, 0.2) is 0 Å². The Kier molecular flexibility index (Phi) is 7.72. The zero-order valence-corrected chi connectivity index (χ0v) is 14.0. The first-order valence-corrected chi connectivity index (χ1v) is 5.58. The van der Waals surface area contributed by atoms with Crippen LogP contribution in [0.4, 0.5) is 0 Å². The van der Waals surface area contributed by atoms with E-state index < -0.39 is 0 Å². The number of H-pyrrole nitrogens is 2. The molecule has 0 radical (unpaired) electrons. The fraction of sp³-hybridized carbons (Fsp3) is 0.500. The largest absolute Gasteiger partial charge is 0.351 e. The van der Waals surface area contributed by atoms with Crippen molar-refractivity contribution in [2.24, 2.45) is 0 Å². The van der Waals surface area contributed by atoms with E-state index in [-0.39, 0.29) is 19.5 Å². The van der Waals surface area contributed by atoms with Crippen molar-refractivity contribution in [1.29, 1.82) is 0 Å². The van der Waals surface area contributed by atoms with E-state index in [9.17, 15) is 0 Å². The molecule has 0 aromatic carbocycles. The van der Waals surface area contributed by atoms with Crippen molar-refractivity contribution >= 4 is 0 Å². The van der Waals surface area contributed by atoms with Crippen molar-refractivity contribution in [2.45, 2.75) is 39.5 Å². The molecule has 0 amide bonds. The van der Waals surface area contributed by atoms with E-state index >= 15 is 0 Å². The van der Waals surface area contributed by atoms with Gasteiger partial charge in [0.05, 0.1) is 24.0 Å². The van der Waals surface area contributed by atoms with Crippen LogP contribution in [0, 0.1) is 0 Å². The molecule has 2 aromatic heterocycles. The predicted octanol–water partition coefficient (Wildman–Crippen LogP) is 3.06. The van der Waals surface area contributed by atoms with Crippen LogP contribution in [0.3, 0.4) is 0 Å². The Morgan fingerprint density at radius 1 is 0.824 bits per heavy atom. The zero-order valence-electron chi connectivity index (χ0n) is 11.1. The van der Waals surface area contributed by atoms with Crippen LogP contribution in [0.15, 0.2) is 25.0 Å². The van der Waals surface area contributed by atoms with Gasteiger partial charge in [0, 0.05) is 31.9 Å². The third kappa shape index (κ3) is 5.78. The molecular formula is C12H20N4Zn. The van der Waals surface area contributed by atoms with Crippen LogP contribution in [0.1, 0.15) is 50.9 Å². The van der Waals surface area contributed by atoms with Gasteiger partial charge < -0.3 is 9.97 Å².